The molecule has 0 fully saturated rings. The van der Waals surface area contributed by atoms with Crippen LogP contribution in [0.15, 0.2) is 54.6 Å². The highest BCUT2D eigenvalue weighted by Gasteiger charge is 2.43. The molecule has 0 saturated carbocycles. The maximum atomic E-state index is 12.6. The van der Waals surface area contributed by atoms with Gasteiger partial charge in [-0.2, -0.15) is 0 Å². The number of aromatic hydroxyl groups is 1. The molecule has 2 aromatic carbocycles. The van der Waals surface area contributed by atoms with Crippen molar-refractivity contribution in [2.24, 2.45) is 5.73 Å². The van der Waals surface area contributed by atoms with Gasteiger partial charge in [-0.25, -0.2) is 0 Å². The lowest BCUT2D eigenvalue weighted by Crippen LogP contribution is -2.58. The second kappa shape index (κ2) is 6.46. The van der Waals surface area contributed by atoms with E-state index in [0.717, 1.165) is 16.8 Å². The van der Waals surface area contributed by atoms with Crippen LogP contribution in [-0.4, -0.2) is 28.5 Å². The van der Waals surface area contributed by atoms with E-state index in [4.69, 9.17) is 5.73 Å². The molecule has 0 bridgehead atoms. The molecule has 1 aliphatic carbocycles. The number of amides is 2. The topological polar surface area (TPSA) is 104 Å². The van der Waals surface area contributed by atoms with Gasteiger partial charge in [0.25, 0.3) is 0 Å². The Kier molecular flexibility index (Phi) is 4.11. The van der Waals surface area contributed by atoms with Crippen molar-refractivity contribution in [2.45, 2.75) is 30.8 Å². The van der Waals surface area contributed by atoms with E-state index in [1.807, 2.05) is 30.3 Å². The van der Waals surface area contributed by atoms with Gasteiger partial charge in [-0.05, 0) is 48.3 Å². The van der Waals surface area contributed by atoms with Crippen molar-refractivity contribution >= 4 is 23.1 Å². The number of primary amides is 1. The Labute approximate surface area is 157 Å². The molecule has 1 heterocycles. The molecule has 27 heavy (non-hydrogen) atoms. The fraction of sp³-hybridized carbons (Fsp3) is 0.238. The first kappa shape index (κ1) is 17.1. The van der Waals surface area contributed by atoms with Crippen molar-refractivity contribution in [3.8, 4) is 5.75 Å². The van der Waals surface area contributed by atoms with Gasteiger partial charge in [0.05, 0.1) is 12.5 Å². The minimum atomic E-state index is -1.21. The second-order valence-corrected chi connectivity index (χ2v) is 7.11. The summed E-state index contributed by atoms with van der Waals surface area (Å²) in [7, 11) is 0. The van der Waals surface area contributed by atoms with E-state index in [1.54, 1.807) is 18.2 Å². The normalized spacial score (nSPS) is 22.8. The number of hydrogen-bond donors (Lipinski definition) is 4. The molecule has 0 aromatic heterocycles. The summed E-state index contributed by atoms with van der Waals surface area (Å²) >= 11 is 0. The Balaban J connectivity index is 1.61. The van der Waals surface area contributed by atoms with Crippen LogP contribution < -0.4 is 16.4 Å². The molecule has 0 radical (unpaired) electrons. The zero-order valence-electron chi connectivity index (χ0n) is 14.7. The van der Waals surface area contributed by atoms with E-state index >= 15 is 0 Å². The molecule has 2 atom stereocenters. The molecule has 4 rings (SSSR count). The Bertz CT molecular complexity index is 953. The number of rotatable bonds is 4. The minimum Gasteiger partial charge on any atom is -0.508 e. The number of carbonyl (C=O) groups excluding carboxylic acids is 2. The number of phenolic OH excluding ortho intramolecular Hbond substituents is 1. The van der Waals surface area contributed by atoms with Gasteiger partial charge >= 0.3 is 0 Å². The average Bonchev–Trinajstić information content (AvgIpc) is 2.99. The first-order valence-electron chi connectivity index (χ1n) is 8.94. The van der Waals surface area contributed by atoms with Crippen LogP contribution >= 0.6 is 0 Å². The maximum Gasteiger partial charge on any atom is 0.247 e. The summed E-state index contributed by atoms with van der Waals surface area (Å²) in [5.41, 5.74) is 8.23. The molecule has 138 valence electrons. The first-order chi connectivity index (χ1) is 13.0. The molecule has 2 aromatic rings. The van der Waals surface area contributed by atoms with Gasteiger partial charge in [-0.1, -0.05) is 30.3 Å². The van der Waals surface area contributed by atoms with Gasteiger partial charge in [0.1, 0.15) is 11.3 Å². The van der Waals surface area contributed by atoms with E-state index < -0.39 is 11.4 Å². The van der Waals surface area contributed by atoms with Gasteiger partial charge < -0.3 is 21.5 Å². The fourth-order valence-corrected chi connectivity index (χ4v) is 3.93. The van der Waals surface area contributed by atoms with Crippen molar-refractivity contribution in [3.05, 3.63) is 65.7 Å². The van der Waals surface area contributed by atoms with Gasteiger partial charge in [0.15, 0.2) is 0 Å². The third-order valence-electron chi connectivity index (χ3n) is 5.25. The summed E-state index contributed by atoms with van der Waals surface area (Å²) in [6.45, 7) is 0. The molecule has 6 heteroatoms. The highest BCUT2D eigenvalue weighted by Crippen LogP contribution is 2.42. The third-order valence-corrected chi connectivity index (χ3v) is 5.25. The quantitative estimate of drug-likeness (QED) is 0.666. The number of anilines is 1. The number of nitrogens with two attached hydrogens (primary N) is 1. The van der Waals surface area contributed by atoms with E-state index in [9.17, 15) is 14.7 Å². The number of para-hydroxylation sites is 1. The Morgan fingerprint density at radius 2 is 2.04 bits per heavy atom. The van der Waals surface area contributed by atoms with Crippen LogP contribution in [0.25, 0.3) is 5.57 Å². The minimum absolute atomic E-state index is 0.0604. The Morgan fingerprint density at radius 1 is 1.22 bits per heavy atom. The fourth-order valence-electron chi connectivity index (χ4n) is 3.93. The summed E-state index contributed by atoms with van der Waals surface area (Å²) < 4.78 is 0. The zero-order chi connectivity index (χ0) is 19.0. The van der Waals surface area contributed by atoms with Crippen LogP contribution in [0.2, 0.25) is 0 Å². The van der Waals surface area contributed by atoms with E-state index in [-0.39, 0.29) is 24.1 Å². The third kappa shape index (κ3) is 3.14. The van der Waals surface area contributed by atoms with Crippen molar-refractivity contribution in [1.29, 1.82) is 0 Å². The smallest absolute Gasteiger partial charge is 0.247 e. The lowest BCUT2D eigenvalue weighted by molar-refractivity contribution is -0.130. The summed E-state index contributed by atoms with van der Waals surface area (Å²) in [6.07, 6.45) is 2.99. The highest BCUT2D eigenvalue weighted by atomic mass is 16.3. The van der Waals surface area contributed by atoms with Crippen LogP contribution in [0.3, 0.4) is 0 Å². The summed E-state index contributed by atoms with van der Waals surface area (Å²) in [5.74, 6) is -0.780. The molecule has 0 spiro atoms. The van der Waals surface area contributed by atoms with Crippen LogP contribution in [-0.2, 0) is 16.0 Å². The Morgan fingerprint density at radius 3 is 2.81 bits per heavy atom. The number of fused-ring (bicyclic) bond motifs is 3. The second-order valence-electron chi connectivity index (χ2n) is 7.11. The standard InChI is InChI=1S/C21H21N3O3/c22-20(27)21(24-19(26)11-13-4-3-5-14(25)10-13)9-8-18-16(12-21)15-6-1-2-7-17(15)23-18/h1-7,10,12,18,23,25H,8-9,11H2,(H2,22,27)(H,24,26). The SMILES string of the molecule is NC(=O)C1(NC(=O)Cc2cccc(O)c2)C=C2c3ccccc3NC2CC1. The number of benzene rings is 2. The van der Waals surface area contributed by atoms with Gasteiger partial charge in [0, 0.05) is 11.3 Å². The summed E-state index contributed by atoms with van der Waals surface area (Å²) in [4.78, 5) is 24.9. The predicted octanol–water partition coefficient (Wildman–Crippen LogP) is 1.95. The number of nitrogens with one attached hydrogen (secondary N) is 2. The zero-order valence-corrected chi connectivity index (χ0v) is 14.7. The summed E-state index contributed by atoms with van der Waals surface area (Å²) in [5, 5.41) is 15.9. The summed E-state index contributed by atoms with van der Waals surface area (Å²) in [6, 6.07) is 14.5. The monoisotopic (exact) mass is 363 g/mol. The largest absolute Gasteiger partial charge is 0.508 e. The number of carbonyl (C=O) groups is 2. The first-order valence-corrected chi connectivity index (χ1v) is 8.94. The molecule has 2 amide bonds. The van der Waals surface area contributed by atoms with Crippen molar-refractivity contribution in [2.75, 3.05) is 5.32 Å². The van der Waals surface area contributed by atoms with Crippen LogP contribution in [0, 0.1) is 0 Å². The molecular formula is C21H21N3O3. The molecule has 1 aliphatic heterocycles. The molecular weight excluding hydrogens is 342 g/mol. The van der Waals surface area contributed by atoms with Crippen LogP contribution in [0.1, 0.15) is 24.0 Å². The highest BCUT2D eigenvalue weighted by molar-refractivity contribution is 5.98. The van der Waals surface area contributed by atoms with Crippen molar-refractivity contribution in [1.82, 2.24) is 5.32 Å². The van der Waals surface area contributed by atoms with Gasteiger partial charge in [-0.3, -0.25) is 9.59 Å². The molecule has 2 unspecified atom stereocenters. The molecule has 0 saturated heterocycles. The molecule has 2 aliphatic rings. The van der Waals surface area contributed by atoms with E-state index in [2.05, 4.69) is 10.6 Å². The maximum absolute atomic E-state index is 12.6. The average molecular weight is 363 g/mol. The van der Waals surface area contributed by atoms with Crippen LogP contribution in [0.5, 0.6) is 5.75 Å². The van der Waals surface area contributed by atoms with Crippen LogP contribution in [0.4, 0.5) is 5.69 Å². The lowest BCUT2D eigenvalue weighted by Gasteiger charge is -2.35. The predicted molar refractivity (Wildman–Crippen MR) is 103 cm³/mol. The molecule has 6 nitrogen and oxygen atoms in total. The van der Waals surface area contributed by atoms with Crippen molar-refractivity contribution in [3.63, 3.8) is 0 Å². The number of hydrogen-bond acceptors (Lipinski definition) is 4. The van der Waals surface area contributed by atoms with E-state index in [0.29, 0.717) is 18.4 Å². The van der Waals surface area contributed by atoms with E-state index in [1.165, 1.54) is 6.07 Å². The molecule has 5 N–H and O–H groups in total. The lowest BCUT2D eigenvalue weighted by atomic mass is 9.79. The van der Waals surface area contributed by atoms with Gasteiger partial charge in [0.2, 0.25) is 11.8 Å². The van der Waals surface area contributed by atoms with Crippen molar-refractivity contribution < 1.29 is 14.7 Å². The van der Waals surface area contributed by atoms with Gasteiger partial charge in [-0.15, -0.1) is 0 Å². The number of phenols is 1. The Hall–Kier alpha value is -3.28.